The highest BCUT2D eigenvalue weighted by atomic mass is 16.3. The standard InChI is InChI=1S/C16H20N2O3/c19-11-12-5-4-8-17(10-12)14-9-15(20)18(16(14)21)13-6-2-1-3-7-13/h1-3,6-7,12,14,19H,4-5,8-11H2/p+1/t12-,14+/m0/s1. The predicted octanol–water partition coefficient (Wildman–Crippen LogP) is -0.394. The van der Waals surface area contributed by atoms with Gasteiger partial charge in [-0.15, -0.1) is 0 Å². The third-order valence-electron chi connectivity index (χ3n) is 4.57. The van der Waals surface area contributed by atoms with Crippen LogP contribution in [0.5, 0.6) is 0 Å². The fourth-order valence-electron chi connectivity index (χ4n) is 3.46. The molecule has 0 spiro atoms. The van der Waals surface area contributed by atoms with E-state index < -0.39 is 0 Å². The highest BCUT2D eigenvalue weighted by Crippen LogP contribution is 2.22. The number of rotatable bonds is 3. The molecule has 2 saturated heterocycles. The minimum atomic E-state index is -0.285. The summed E-state index contributed by atoms with van der Waals surface area (Å²) in [6.45, 7) is 1.85. The van der Waals surface area contributed by atoms with E-state index in [1.807, 2.05) is 18.2 Å². The number of aliphatic hydroxyl groups excluding tert-OH is 1. The van der Waals surface area contributed by atoms with Gasteiger partial charge in [0.1, 0.15) is 0 Å². The maximum Gasteiger partial charge on any atom is 0.292 e. The van der Waals surface area contributed by atoms with Crippen LogP contribution in [-0.2, 0) is 9.59 Å². The number of amides is 2. The molecule has 5 heteroatoms. The van der Waals surface area contributed by atoms with Crippen molar-refractivity contribution in [2.24, 2.45) is 5.92 Å². The lowest BCUT2D eigenvalue weighted by Gasteiger charge is -2.31. The van der Waals surface area contributed by atoms with Crippen molar-refractivity contribution in [3.8, 4) is 0 Å². The summed E-state index contributed by atoms with van der Waals surface area (Å²) < 4.78 is 0. The molecule has 2 amide bonds. The zero-order chi connectivity index (χ0) is 14.8. The molecule has 0 saturated carbocycles. The average molecular weight is 289 g/mol. The van der Waals surface area contributed by atoms with Crippen molar-refractivity contribution in [2.75, 3.05) is 24.6 Å². The number of benzene rings is 1. The number of aliphatic hydroxyl groups is 1. The number of hydrogen-bond acceptors (Lipinski definition) is 3. The highest BCUT2D eigenvalue weighted by Gasteiger charge is 2.46. The van der Waals surface area contributed by atoms with Gasteiger partial charge in [0, 0.05) is 5.92 Å². The molecule has 0 radical (unpaired) electrons. The zero-order valence-corrected chi connectivity index (χ0v) is 12.0. The van der Waals surface area contributed by atoms with Gasteiger partial charge >= 0.3 is 0 Å². The summed E-state index contributed by atoms with van der Waals surface area (Å²) in [7, 11) is 0. The average Bonchev–Trinajstić information content (AvgIpc) is 2.83. The van der Waals surface area contributed by atoms with Gasteiger partial charge in [-0.3, -0.25) is 9.59 Å². The summed E-state index contributed by atoms with van der Waals surface area (Å²) in [5, 5.41) is 9.32. The molecule has 1 unspecified atom stereocenters. The molecule has 2 heterocycles. The first-order valence-electron chi connectivity index (χ1n) is 7.58. The molecule has 0 bridgehead atoms. The number of likely N-dealkylation sites (tertiary alicyclic amines) is 1. The predicted molar refractivity (Wildman–Crippen MR) is 77.8 cm³/mol. The van der Waals surface area contributed by atoms with Crippen molar-refractivity contribution in [1.82, 2.24) is 0 Å². The Balaban J connectivity index is 1.77. The first-order chi connectivity index (χ1) is 10.2. The number of quaternary nitrogens is 1. The van der Waals surface area contributed by atoms with Gasteiger partial charge in [0.25, 0.3) is 5.91 Å². The summed E-state index contributed by atoms with van der Waals surface area (Å²) in [5.74, 6) is 0.0389. The van der Waals surface area contributed by atoms with Gasteiger partial charge in [-0.2, -0.15) is 0 Å². The number of imide groups is 1. The van der Waals surface area contributed by atoms with Crippen molar-refractivity contribution in [3.05, 3.63) is 30.3 Å². The van der Waals surface area contributed by atoms with Crippen molar-refractivity contribution >= 4 is 17.5 Å². The molecule has 2 aliphatic heterocycles. The Morgan fingerprint density at radius 3 is 2.71 bits per heavy atom. The molecule has 2 fully saturated rings. The normalized spacial score (nSPS) is 30.0. The second-order valence-corrected chi connectivity index (χ2v) is 5.96. The lowest BCUT2D eigenvalue weighted by atomic mass is 9.97. The maximum atomic E-state index is 12.6. The molecule has 5 nitrogen and oxygen atoms in total. The summed E-state index contributed by atoms with van der Waals surface area (Å²) in [4.78, 5) is 27.3. The molecule has 21 heavy (non-hydrogen) atoms. The maximum absolute atomic E-state index is 12.6. The van der Waals surface area contributed by atoms with Crippen LogP contribution in [0.3, 0.4) is 0 Å². The van der Waals surface area contributed by atoms with E-state index >= 15 is 0 Å². The fourth-order valence-corrected chi connectivity index (χ4v) is 3.46. The summed E-state index contributed by atoms with van der Waals surface area (Å²) in [5.41, 5.74) is 0.658. The minimum absolute atomic E-state index is 0.0974. The van der Waals surface area contributed by atoms with Crippen LogP contribution in [-0.4, -0.2) is 42.7 Å². The van der Waals surface area contributed by atoms with Gasteiger partial charge in [-0.1, -0.05) is 18.2 Å². The fraction of sp³-hybridized carbons (Fsp3) is 0.500. The second-order valence-electron chi connectivity index (χ2n) is 5.96. The van der Waals surface area contributed by atoms with Crippen LogP contribution in [0.2, 0.25) is 0 Å². The van der Waals surface area contributed by atoms with Crippen molar-refractivity contribution < 1.29 is 19.6 Å². The Morgan fingerprint density at radius 1 is 1.24 bits per heavy atom. The Bertz CT molecular complexity index is 532. The topological polar surface area (TPSA) is 62.1 Å². The number of carbonyl (C=O) groups excluding carboxylic acids is 2. The van der Waals surface area contributed by atoms with E-state index in [1.54, 1.807) is 12.1 Å². The largest absolute Gasteiger partial charge is 0.396 e. The number of carbonyl (C=O) groups is 2. The highest BCUT2D eigenvalue weighted by molar-refractivity contribution is 6.21. The number of anilines is 1. The zero-order valence-electron chi connectivity index (χ0n) is 12.0. The van der Waals surface area contributed by atoms with Crippen LogP contribution in [0.4, 0.5) is 5.69 Å². The monoisotopic (exact) mass is 289 g/mol. The van der Waals surface area contributed by atoms with Crippen LogP contribution >= 0.6 is 0 Å². The molecule has 112 valence electrons. The number of piperidine rings is 1. The first-order valence-corrected chi connectivity index (χ1v) is 7.58. The van der Waals surface area contributed by atoms with E-state index in [0.717, 1.165) is 30.8 Å². The van der Waals surface area contributed by atoms with Gasteiger partial charge in [-0.05, 0) is 25.0 Å². The molecule has 1 aromatic carbocycles. The molecule has 0 aliphatic carbocycles. The molecule has 1 aromatic rings. The lowest BCUT2D eigenvalue weighted by Crippen LogP contribution is -3.18. The van der Waals surface area contributed by atoms with Crippen molar-refractivity contribution in [3.63, 3.8) is 0 Å². The van der Waals surface area contributed by atoms with Gasteiger partial charge in [-0.25, -0.2) is 4.90 Å². The quantitative estimate of drug-likeness (QED) is 0.745. The van der Waals surface area contributed by atoms with E-state index in [-0.39, 0.29) is 36.8 Å². The SMILES string of the molecule is O=C1C[C@@H]([NH+]2CCC[C@H](CO)C2)C(=O)N1c1ccccc1. The third kappa shape index (κ3) is 2.71. The second kappa shape index (κ2) is 5.95. The Kier molecular flexibility index (Phi) is 4.03. The van der Waals surface area contributed by atoms with Gasteiger partial charge in [0.05, 0.1) is 31.8 Å². The number of hydrogen-bond donors (Lipinski definition) is 2. The van der Waals surface area contributed by atoms with E-state index in [1.165, 1.54) is 4.90 Å². The van der Waals surface area contributed by atoms with Gasteiger partial charge in [0.15, 0.2) is 6.04 Å². The van der Waals surface area contributed by atoms with Gasteiger partial charge in [0.2, 0.25) is 5.91 Å². The van der Waals surface area contributed by atoms with Gasteiger partial charge < -0.3 is 10.0 Å². The van der Waals surface area contributed by atoms with Crippen LogP contribution in [0.1, 0.15) is 19.3 Å². The summed E-state index contributed by atoms with van der Waals surface area (Å²) in [6, 6.07) is 8.83. The lowest BCUT2D eigenvalue weighted by molar-refractivity contribution is -0.923. The Hall–Kier alpha value is -1.72. The van der Waals surface area contributed by atoms with Crippen molar-refractivity contribution in [1.29, 1.82) is 0 Å². The summed E-state index contributed by atoms with van der Waals surface area (Å²) >= 11 is 0. The number of nitrogens with one attached hydrogen (secondary N) is 1. The van der Waals surface area contributed by atoms with Crippen LogP contribution in [0.25, 0.3) is 0 Å². The van der Waals surface area contributed by atoms with E-state index in [0.29, 0.717) is 5.69 Å². The summed E-state index contributed by atoms with van der Waals surface area (Å²) in [6.07, 6.45) is 2.29. The smallest absolute Gasteiger partial charge is 0.292 e. The van der Waals surface area contributed by atoms with E-state index in [4.69, 9.17) is 0 Å². The van der Waals surface area contributed by atoms with Crippen LogP contribution in [0, 0.1) is 5.92 Å². The minimum Gasteiger partial charge on any atom is -0.396 e. The molecular formula is C16H21N2O3+. The van der Waals surface area contributed by atoms with Crippen LogP contribution < -0.4 is 9.80 Å². The molecule has 3 rings (SSSR count). The first kappa shape index (κ1) is 14.2. The number of para-hydroxylation sites is 1. The van der Waals surface area contributed by atoms with Crippen LogP contribution in [0.15, 0.2) is 30.3 Å². The van der Waals surface area contributed by atoms with E-state index in [2.05, 4.69) is 0 Å². The number of nitrogens with zero attached hydrogens (tertiary/aromatic N) is 1. The van der Waals surface area contributed by atoms with Crippen molar-refractivity contribution in [2.45, 2.75) is 25.3 Å². The van der Waals surface area contributed by atoms with E-state index in [9.17, 15) is 14.7 Å². The molecular weight excluding hydrogens is 268 g/mol. The Labute approximate surface area is 124 Å². The third-order valence-corrected chi connectivity index (χ3v) is 4.57. The molecule has 3 atom stereocenters. The molecule has 2 N–H and O–H groups in total. The molecule has 0 aromatic heterocycles. The Morgan fingerprint density at radius 2 is 2.00 bits per heavy atom. The molecule has 2 aliphatic rings.